The number of hydrogen-bond acceptors (Lipinski definition) is 2. The molecule has 0 N–H and O–H groups in total. The molecular formula is C20H28Ge2OS. The summed E-state index contributed by atoms with van der Waals surface area (Å²) in [5.41, 5.74) is 2.95. The minimum absolute atomic E-state index is 0.295. The summed E-state index contributed by atoms with van der Waals surface area (Å²) in [5, 5.41) is 2.34. The van der Waals surface area contributed by atoms with Crippen LogP contribution in [-0.2, 0) is 4.74 Å². The van der Waals surface area contributed by atoms with Gasteiger partial charge in [-0.3, -0.25) is 0 Å². The van der Waals surface area contributed by atoms with Crippen LogP contribution in [-0.4, -0.2) is 26.5 Å². The van der Waals surface area contributed by atoms with Gasteiger partial charge in [0.1, 0.15) is 0 Å². The van der Waals surface area contributed by atoms with Crippen molar-refractivity contribution in [2.24, 2.45) is 0 Å². The predicted molar refractivity (Wildman–Crippen MR) is 110 cm³/mol. The van der Waals surface area contributed by atoms with Gasteiger partial charge < -0.3 is 0 Å². The molecule has 1 fully saturated rings. The van der Waals surface area contributed by atoms with Crippen molar-refractivity contribution in [2.75, 3.05) is 0 Å². The molecular weight excluding hydrogens is 434 g/mol. The fourth-order valence-corrected chi connectivity index (χ4v) is 16.7. The van der Waals surface area contributed by atoms with Gasteiger partial charge >= 0.3 is 156 Å². The summed E-state index contributed by atoms with van der Waals surface area (Å²) in [4.78, 5) is 1.68. The first kappa shape index (κ1) is 17.4. The van der Waals surface area contributed by atoms with Crippen molar-refractivity contribution in [3.63, 3.8) is 0 Å². The van der Waals surface area contributed by atoms with E-state index in [-0.39, 0.29) is 0 Å². The molecule has 4 rings (SSSR count). The Morgan fingerprint density at radius 3 is 2.08 bits per heavy atom. The van der Waals surface area contributed by atoms with Crippen molar-refractivity contribution in [3.8, 4) is 0 Å². The van der Waals surface area contributed by atoms with Crippen LogP contribution in [0.3, 0.4) is 0 Å². The Kier molecular flexibility index (Phi) is 4.15. The summed E-state index contributed by atoms with van der Waals surface area (Å²) in [7, 11) is 0. The molecule has 1 aromatic carbocycles. The van der Waals surface area contributed by atoms with E-state index in [1.54, 1.807) is 9.27 Å². The molecule has 2 bridgehead atoms. The van der Waals surface area contributed by atoms with Crippen molar-refractivity contribution >= 4 is 42.3 Å². The molecule has 4 heteroatoms. The van der Waals surface area contributed by atoms with Crippen molar-refractivity contribution < 1.29 is 4.74 Å². The van der Waals surface area contributed by atoms with Crippen LogP contribution in [0.25, 0.3) is 0 Å². The Labute approximate surface area is 155 Å². The summed E-state index contributed by atoms with van der Waals surface area (Å²) < 4.78 is 9.12. The van der Waals surface area contributed by atoms with E-state index < -0.39 is 26.5 Å². The van der Waals surface area contributed by atoms with Crippen LogP contribution in [0.5, 0.6) is 0 Å². The van der Waals surface area contributed by atoms with Gasteiger partial charge in [0.25, 0.3) is 0 Å². The van der Waals surface area contributed by atoms with Gasteiger partial charge in [-0.25, -0.2) is 0 Å². The van der Waals surface area contributed by atoms with E-state index in [9.17, 15) is 0 Å². The second-order valence-electron chi connectivity index (χ2n) is 9.47. The second-order valence-corrected chi connectivity index (χ2v) is 32.3. The summed E-state index contributed by atoms with van der Waals surface area (Å²) in [6.07, 6.45) is 0.641. The number of fused-ring (bicyclic) bond motifs is 5. The Balaban J connectivity index is 1.88. The van der Waals surface area contributed by atoms with Gasteiger partial charge in [-0.05, 0) is 0 Å². The normalized spacial score (nSPS) is 29.1. The monoisotopic (exact) mass is 464 g/mol. The molecule has 0 spiro atoms. The molecule has 1 saturated heterocycles. The fraction of sp³-hybridized carbons (Fsp3) is 0.500. The molecule has 4 unspecified atom stereocenters. The molecule has 24 heavy (non-hydrogen) atoms. The topological polar surface area (TPSA) is 9.23 Å². The van der Waals surface area contributed by atoms with E-state index in [0.29, 0.717) is 18.1 Å². The van der Waals surface area contributed by atoms with Gasteiger partial charge in [-0.1, -0.05) is 0 Å². The third-order valence-electron chi connectivity index (χ3n) is 5.75. The summed E-state index contributed by atoms with van der Waals surface area (Å²) in [6, 6.07) is 11.4. The number of thiophene rings is 1. The summed E-state index contributed by atoms with van der Waals surface area (Å²) in [5.74, 6) is 15.9. The van der Waals surface area contributed by atoms with Gasteiger partial charge in [-0.2, -0.15) is 0 Å². The van der Waals surface area contributed by atoms with Crippen LogP contribution in [0.2, 0.25) is 39.3 Å². The second kappa shape index (κ2) is 5.73. The van der Waals surface area contributed by atoms with Gasteiger partial charge in [0.2, 0.25) is 0 Å². The summed E-state index contributed by atoms with van der Waals surface area (Å²) in [6.45, 7) is 0. The molecule has 1 nitrogen and oxygen atoms in total. The van der Waals surface area contributed by atoms with Gasteiger partial charge in [-0.15, -0.1) is 0 Å². The molecule has 2 aliphatic rings. The maximum absolute atomic E-state index is 6.66. The third kappa shape index (κ3) is 2.60. The first-order valence-corrected chi connectivity index (χ1v) is 24.7. The van der Waals surface area contributed by atoms with Gasteiger partial charge in [0.05, 0.1) is 0 Å². The van der Waals surface area contributed by atoms with Crippen LogP contribution in [0, 0.1) is 0 Å². The van der Waals surface area contributed by atoms with Gasteiger partial charge in [0, 0.05) is 0 Å². The number of benzene rings is 1. The zero-order valence-corrected chi connectivity index (χ0v) is 20.6. The Bertz CT molecular complexity index is 768. The molecule has 0 saturated carbocycles. The molecule has 3 heterocycles. The van der Waals surface area contributed by atoms with E-state index in [1.807, 2.05) is 11.3 Å². The molecule has 128 valence electrons. The number of ether oxygens (including phenoxy) is 1. The quantitative estimate of drug-likeness (QED) is 0.516. The average molecular weight is 462 g/mol. The average Bonchev–Trinajstić information content (AvgIpc) is 3.18. The minimum atomic E-state index is -1.90. The van der Waals surface area contributed by atoms with Crippen LogP contribution in [0.1, 0.15) is 34.1 Å². The van der Waals surface area contributed by atoms with Crippen LogP contribution in [0.15, 0.2) is 35.7 Å². The van der Waals surface area contributed by atoms with E-state index in [0.717, 1.165) is 4.75 Å². The van der Waals surface area contributed by atoms with Crippen molar-refractivity contribution in [1.82, 2.24) is 0 Å². The van der Waals surface area contributed by atoms with Gasteiger partial charge in [0.15, 0.2) is 0 Å². The molecule has 0 radical (unpaired) electrons. The Morgan fingerprint density at radius 1 is 0.875 bits per heavy atom. The standard InChI is InChI=1S/C20H28Ge2OS/c1-21(2,3)15-11-12-24-20(15)16-17(22(4,5)6)19-14-10-8-7-9-13(14)18(16)23-19/h7-12,16-19H,1-6H3. The summed E-state index contributed by atoms with van der Waals surface area (Å²) >= 11 is -1.75. The Hall–Kier alpha value is -0.0343. The first-order chi connectivity index (χ1) is 11.2. The van der Waals surface area contributed by atoms with Crippen LogP contribution in [0.4, 0.5) is 0 Å². The molecule has 2 aromatic rings. The zero-order chi connectivity index (χ0) is 17.3. The zero-order valence-electron chi connectivity index (χ0n) is 15.6. The SMILES string of the molecule is [CH3][Ge]([CH3])([CH3])[c]1ccsc1C1C2OC(c3ccccc32)[CH]1[Ge]([CH3])([CH3])[CH3]. The maximum atomic E-state index is 6.66. The van der Waals surface area contributed by atoms with E-state index in [4.69, 9.17) is 4.74 Å². The molecule has 1 aromatic heterocycles. The Morgan fingerprint density at radius 2 is 1.50 bits per heavy atom. The molecule has 0 amide bonds. The van der Waals surface area contributed by atoms with Crippen molar-refractivity contribution in [1.29, 1.82) is 0 Å². The first-order valence-electron chi connectivity index (χ1n) is 9.02. The number of rotatable bonds is 3. The molecule has 0 aliphatic carbocycles. The van der Waals surface area contributed by atoms with E-state index >= 15 is 0 Å². The molecule has 2 aliphatic heterocycles. The fourth-order valence-electron chi connectivity index (χ4n) is 4.76. The van der Waals surface area contributed by atoms with E-state index in [1.165, 1.54) is 11.1 Å². The third-order valence-corrected chi connectivity index (χ3v) is 17.0. The van der Waals surface area contributed by atoms with Crippen LogP contribution < -0.4 is 4.40 Å². The van der Waals surface area contributed by atoms with E-state index in [2.05, 4.69) is 70.2 Å². The van der Waals surface area contributed by atoms with Crippen LogP contribution >= 0.6 is 11.3 Å². The number of hydrogen-bond donors (Lipinski definition) is 0. The van der Waals surface area contributed by atoms with Crippen molar-refractivity contribution in [3.05, 3.63) is 51.7 Å². The van der Waals surface area contributed by atoms with Crippen molar-refractivity contribution in [2.45, 2.75) is 57.4 Å². The molecule has 4 atom stereocenters. The predicted octanol–water partition coefficient (Wildman–Crippen LogP) is 5.91.